The van der Waals surface area contributed by atoms with Crippen LogP contribution in [-0.2, 0) is 4.79 Å². The Labute approximate surface area is 160 Å². The van der Waals surface area contributed by atoms with Crippen molar-refractivity contribution < 1.29 is 14.1 Å². The van der Waals surface area contributed by atoms with Crippen molar-refractivity contribution >= 4 is 11.8 Å². The molecule has 1 aromatic rings. The first-order valence-corrected chi connectivity index (χ1v) is 10.2. The molecule has 7 heteroatoms. The largest absolute Gasteiger partial charge is 0.361 e. The first kappa shape index (κ1) is 18.5. The van der Waals surface area contributed by atoms with Gasteiger partial charge >= 0.3 is 0 Å². The van der Waals surface area contributed by atoms with E-state index in [2.05, 4.69) is 22.0 Å². The van der Waals surface area contributed by atoms with Crippen molar-refractivity contribution in [3.63, 3.8) is 0 Å². The van der Waals surface area contributed by atoms with Crippen LogP contribution in [0.4, 0.5) is 0 Å². The number of carbonyl (C=O) groups excluding carboxylic acids is 2. The Morgan fingerprint density at radius 2 is 1.74 bits per heavy atom. The first-order valence-electron chi connectivity index (χ1n) is 10.2. The number of rotatable bonds is 2. The number of amides is 2. The summed E-state index contributed by atoms with van der Waals surface area (Å²) in [6, 6.07) is 1.65. The van der Waals surface area contributed by atoms with Crippen LogP contribution in [-0.4, -0.2) is 77.5 Å². The summed E-state index contributed by atoms with van der Waals surface area (Å²) in [6.45, 7) is 5.93. The predicted octanol–water partition coefficient (Wildman–Crippen LogP) is 1.92. The van der Waals surface area contributed by atoms with E-state index >= 15 is 0 Å². The fourth-order valence-electron chi connectivity index (χ4n) is 5.28. The summed E-state index contributed by atoms with van der Waals surface area (Å²) in [4.78, 5) is 32.2. The van der Waals surface area contributed by atoms with Crippen LogP contribution in [0.3, 0.4) is 0 Å². The Bertz CT molecular complexity index is 702. The van der Waals surface area contributed by atoms with Gasteiger partial charge in [-0.05, 0) is 64.5 Å². The van der Waals surface area contributed by atoms with Crippen molar-refractivity contribution in [3.05, 3.63) is 17.5 Å². The highest BCUT2D eigenvalue weighted by Gasteiger charge is 2.50. The van der Waals surface area contributed by atoms with Crippen LogP contribution in [0, 0.1) is 12.3 Å². The highest BCUT2D eigenvalue weighted by molar-refractivity contribution is 5.92. The number of likely N-dealkylation sites (N-methyl/N-ethyl adjacent to an activating group) is 1. The summed E-state index contributed by atoms with van der Waals surface area (Å²) in [6.07, 6.45) is 6.20. The summed E-state index contributed by atoms with van der Waals surface area (Å²) in [5.74, 6) is 0.895. The monoisotopic (exact) mass is 374 g/mol. The Morgan fingerprint density at radius 3 is 2.37 bits per heavy atom. The molecule has 4 heterocycles. The van der Waals surface area contributed by atoms with Crippen LogP contribution in [0.15, 0.2) is 10.6 Å². The van der Waals surface area contributed by atoms with Gasteiger partial charge in [-0.1, -0.05) is 5.16 Å². The second kappa shape index (κ2) is 7.26. The molecule has 0 N–H and O–H groups in total. The molecule has 4 rings (SSSR count). The first-order chi connectivity index (χ1) is 13.0. The Hall–Kier alpha value is -1.89. The van der Waals surface area contributed by atoms with Crippen LogP contribution in [0.1, 0.15) is 54.8 Å². The predicted molar refractivity (Wildman–Crippen MR) is 100 cm³/mol. The normalized spacial score (nSPS) is 25.9. The quantitative estimate of drug-likeness (QED) is 0.791. The van der Waals surface area contributed by atoms with Gasteiger partial charge in [-0.25, -0.2) is 0 Å². The summed E-state index contributed by atoms with van der Waals surface area (Å²) in [7, 11) is 2.09. The molecule has 3 aliphatic heterocycles. The van der Waals surface area contributed by atoms with Crippen molar-refractivity contribution in [3.8, 4) is 0 Å². The Morgan fingerprint density at radius 1 is 1.04 bits per heavy atom. The van der Waals surface area contributed by atoms with E-state index in [4.69, 9.17) is 4.52 Å². The highest BCUT2D eigenvalue weighted by atomic mass is 16.5. The van der Waals surface area contributed by atoms with Gasteiger partial charge in [0.25, 0.3) is 5.91 Å². The van der Waals surface area contributed by atoms with Crippen LogP contribution >= 0.6 is 0 Å². The molecule has 0 radical (unpaired) electrons. The van der Waals surface area contributed by atoms with Crippen LogP contribution in [0.5, 0.6) is 0 Å². The van der Waals surface area contributed by atoms with E-state index in [0.29, 0.717) is 30.5 Å². The lowest BCUT2D eigenvalue weighted by atomic mass is 9.66. The molecule has 1 aromatic heterocycles. The van der Waals surface area contributed by atoms with Crippen molar-refractivity contribution in [2.45, 2.75) is 51.5 Å². The summed E-state index contributed by atoms with van der Waals surface area (Å²) >= 11 is 0. The van der Waals surface area contributed by atoms with Gasteiger partial charge in [0.2, 0.25) is 5.91 Å². The SMILES string of the molecule is Cc1cc(C(=O)N2CCC3(CCCN(C)C3C(=O)N3CCCC3)CC2)no1. The number of nitrogens with zero attached hydrogens (tertiary/aromatic N) is 4. The second-order valence-electron chi connectivity index (χ2n) is 8.50. The molecule has 27 heavy (non-hydrogen) atoms. The third-order valence-corrected chi connectivity index (χ3v) is 6.75. The molecule has 3 saturated heterocycles. The molecule has 148 valence electrons. The number of carbonyl (C=O) groups is 2. The average Bonchev–Trinajstić information content (AvgIpc) is 3.33. The number of piperidine rings is 2. The fourth-order valence-corrected chi connectivity index (χ4v) is 5.28. The minimum absolute atomic E-state index is 0.0107. The van der Waals surface area contributed by atoms with Crippen molar-refractivity contribution in [1.29, 1.82) is 0 Å². The average molecular weight is 374 g/mol. The molecule has 0 aliphatic carbocycles. The summed E-state index contributed by atoms with van der Waals surface area (Å²) in [5.41, 5.74) is 0.373. The molecule has 2 amide bonds. The Kier molecular flexibility index (Phi) is 4.97. The van der Waals surface area contributed by atoms with E-state index in [1.54, 1.807) is 13.0 Å². The smallest absolute Gasteiger partial charge is 0.276 e. The summed E-state index contributed by atoms with van der Waals surface area (Å²) < 4.78 is 5.05. The van der Waals surface area contributed by atoms with Gasteiger partial charge in [-0.3, -0.25) is 14.5 Å². The zero-order valence-electron chi connectivity index (χ0n) is 16.4. The number of aromatic nitrogens is 1. The van der Waals surface area contributed by atoms with Crippen molar-refractivity contribution in [1.82, 2.24) is 19.9 Å². The van der Waals surface area contributed by atoms with Gasteiger partial charge in [-0.15, -0.1) is 0 Å². The number of hydrogen-bond acceptors (Lipinski definition) is 5. The topological polar surface area (TPSA) is 69.9 Å². The lowest BCUT2D eigenvalue weighted by Gasteiger charge is -2.52. The Balaban J connectivity index is 1.48. The van der Waals surface area contributed by atoms with E-state index < -0.39 is 0 Å². The minimum Gasteiger partial charge on any atom is -0.361 e. The highest BCUT2D eigenvalue weighted by Crippen LogP contribution is 2.45. The van der Waals surface area contributed by atoms with Crippen LogP contribution < -0.4 is 0 Å². The molecule has 3 fully saturated rings. The standard InChI is InChI=1S/C20H30N4O3/c1-15-14-16(21-27-15)18(25)24-12-7-20(8-13-24)6-5-9-22(2)17(20)19(26)23-10-3-4-11-23/h14,17H,3-13H2,1-2H3. The third kappa shape index (κ3) is 3.37. The number of likely N-dealkylation sites (tertiary alicyclic amines) is 3. The molecule has 3 aliphatic rings. The fraction of sp³-hybridized carbons (Fsp3) is 0.750. The van der Waals surface area contributed by atoms with Gasteiger partial charge in [0.1, 0.15) is 5.76 Å². The molecule has 1 atom stereocenters. The zero-order valence-corrected chi connectivity index (χ0v) is 16.4. The van der Waals surface area contributed by atoms with Gasteiger partial charge in [0.05, 0.1) is 6.04 Å². The molecule has 0 aromatic carbocycles. The third-order valence-electron chi connectivity index (χ3n) is 6.75. The van der Waals surface area contributed by atoms with Crippen molar-refractivity contribution in [2.24, 2.45) is 5.41 Å². The maximum atomic E-state index is 13.3. The molecule has 1 unspecified atom stereocenters. The molecule has 0 bridgehead atoms. The van der Waals surface area contributed by atoms with E-state index in [1.165, 1.54) is 0 Å². The number of hydrogen-bond donors (Lipinski definition) is 0. The molecule has 0 saturated carbocycles. The maximum Gasteiger partial charge on any atom is 0.276 e. The van der Waals surface area contributed by atoms with Crippen LogP contribution in [0.2, 0.25) is 0 Å². The summed E-state index contributed by atoms with van der Waals surface area (Å²) in [5, 5.41) is 3.87. The lowest BCUT2D eigenvalue weighted by molar-refractivity contribution is -0.145. The van der Waals surface area contributed by atoms with E-state index in [-0.39, 0.29) is 17.4 Å². The van der Waals surface area contributed by atoms with E-state index in [1.807, 2.05) is 4.90 Å². The van der Waals surface area contributed by atoms with Gasteiger partial charge < -0.3 is 14.3 Å². The molecular weight excluding hydrogens is 344 g/mol. The molecular formula is C20H30N4O3. The second-order valence-corrected chi connectivity index (χ2v) is 8.50. The molecule has 7 nitrogen and oxygen atoms in total. The van der Waals surface area contributed by atoms with Gasteiger partial charge in [0, 0.05) is 32.2 Å². The zero-order chi connectivity index (χ0) is 19.0. The lowest BCUT2D eigenvalue weighted by Crippen LogP contribution is -2.61. The van der Waals surface area contributed by atoms with Crippen molar-refractivity contribution in [2.75, 3.05) is 39.8 Å². The minimum atomic E-state index is -0.0618. The number of aryl methyl sites for hydroxylation is 1. The van der Waals surface area contributed by atoms with E-state index in [9.17, 15) is 9.59 Å². The van der Waals surface area contributed by atoms with Crippen LogP contribution in [0.25, 0.3) is 0 Å². The van der Waals surface area contributed by atoms with E-state index in [0.717, 1.165) is 58.2 Å². The van der Waals surface area contributed by atoms with Gasteiger partial charge in [-0.2, -0.15) is 0 Å². The maximum absolute atomic E-state index is 13.3. The van der Waals surface area contributed by atoms with Gasteiger partial charge in [0.15, 0.2) is 5.69 Å². The molecule has 1 spiro atoms.